The monoisotopic (exact) mass is 548 g/mol. The Balaban J connectivity index is 0.00000245. The second-order valence-electron chi connectivity index (χ2n) is 8.60. The van der Waals surface area contributed by atoms with Crippen LogP contribution in [0.3, 0.4) is 0 Å². The number of aryl methyl sites for hydroxylation is 1. The molecule has 2 fully saturated rings. The Hall–Kier alpha value is -2.36. The molecule has 32 heavy (non-hydrogen) atoms. The van der Waals surface area contributed by atoms with Gasteiger partial charge in [-0.3, -0.25) is 14.5 Å². The van der Waals surface area contributed by atoms with Crippen molar-refractivity contribution in [1.29, 1.82) is 0 Å². The lowest BCUT2D eigenvalue weighted by Crippen LogP contribution is -2.43. The lowest BCUT2D eigenvalue weighted by atomic mass is 9.85. The molecule has 2 heterocycles. The molecule has 1 aliphatic heterocycles. The normalized spacial score (nSPS) is 26.1. The van der Waals surface area contributed by atoms with Crippen LogP contribution in [0.25, 0.3) is 11.0 Å². The minimum absolute atomic E-state index is 0. The van der Waals surface area contributed by atoms with E-state index < -0.39 is 0 Å². The number of amides is 2. The van der Waals surface area contributed by atoms with Crippen molar-refractivity contribution in [3.05, 3.63) is 47.7 Å². The number of aliphatic imine (C=N–C) groups is 1. The van der Waals surface area contributed by atoms with E-state index in [-0.39, 0.29) is 59.5 Å². The van der Waals surface area contributed by atoms with Crippen LogP contribution in [0.1, 0.15) is 24.7 Å². The first kappa shape index (κ1) is 22.8. The van der Waals surface area contributed by atoms with Crippen molar-refractivity contribution in [1.82, 2.24) is 15.5 Å². The highest BCUT2D eigenvalue weighted by molar-refractivity contribution is 14.0. The third-order valence-corrected chi connectivity index (χ3v) is 6.86. The van der Waals surface area contributed by atoms with Crippen molar-refractivity contribution in [2.24, 2.45) is 28.7 Å². The lowest BCUT2D eigenvalue weighted by Gasteiger charge is -2.18. The molecule has 1 saturated carbocycles. The minimum Gasteiger partial charge on any atom is -0.459 e. The molecule has 0 spiro atoms. The van der Waals surface area contributed by atoms with Crippen LogP contribution in [0.4, 0.5) is 0 Å². The van der Waals surface area contributed by atoms with Crippen LogP contribution in [0.15, 0.2) is 45.8 Å². The molecule has 2 aliphatic carbocycles. The van der Waals surface area contributed by atoms with Gasteiger partial charge < -0.3 is 15.1 Å². The Bertz CT molecular complexity index is 1060. The van der Waals surface area contributed by atoms with Gasteiger partial charge in [0, 0.05) is 30.6 Å². The number of hydrogen-bond donors (Lipinski definition) is 2. The molecule has 2 amide bonds. The van der Waals surface area contributed by atoms with Crippen molar-refractivity contribution in [2.45, 2.75) is 26.8 Å². The number of halogens is 1. The second kappa shape index (κ2) is 9.25. The van der Waals surface area contributed by atoms with E-state index in [1.54, 1.807) is 0 Å². The third-order valence-electron chi connectivity index (χ3n) is 6.86. The molecule has 1 aromatic carbocycles. The Morgan fingerprint density at radius 3 is 2.47 bits per heavy atom. The topological polar surface area (TPSA) is 86.9 Å². The van der Waals surface area contributed by atoms with Gasteiger partial charge >= 0.3 is 0 Å². The van der Waals surface area contributed by atoms with Crippen LogP contribution in [0.5, 0.6) is 0 Å². The van der Waals surface area contributed by atoms with Crippen LogP contribution in [0.2, 0.25) is 0 Å². The van der Waals surface area contributed by atoms with E-state index in [2.05, 4.69) is 27.8 Å². The number of rotatable bonds is 6. The highest BCUT2D eigenvalue weighted by Crippen LogP contribution is 2.52. The molecule has 1 saturated heterocycles. The summed E-state index contributed by atoms with van der Waals surface area (Å²) in [5.74, 6) is 1.68. The number of carbonyl (C=O) groups excluding carboxylic acids is 2. The Morgan fingerprint density at radius 1 is 1.12 bits per heavy atom. The summed E-state index contributed by atoms with van der Waals surface area (Å²) < 4.78 is 5.94. The maximum Gasteiger partial charge on any atom is 0.233 e. The molecule has 170 valence electrons. The summed E-state index contributed by atoms with van der Waals surface area (Å²) in [6, 6.07) is 7.97. The quantitative estimate of drug-likeness (QED) is 0.190. The molecule has 4 atom stereocenters. The molecule has 8 heteroatoms. The van der Waals surface area contributed by atoms with Crippen molar-refractivity contribution in [3.8, 4) is 0 Å². The summed E-state index contributed by atoms with van der Waals surface area (Å²) in [6.07, 6.45) is 5.20. The number of carbonyl (C=O) groups is 2. The average Bonchev–Trinajstić information content (AvgIpc) is 3.52. The summed E-state index contributed by atoms with van der Waals surface area (Å²) in [4.78, 5) is 31.7. The van der Waals surface area contributed by atoms with Crippen LogP contribution in [0, 0.1) is 30.6 Å². The van der Waals surface area contributed by atoms with Gasteiger partial charge in [0.15, 0.2) is 5.96 Å². The number of furan rings is 1. The fourth-order valence-electron chi connectivity index (χ4n) is 5.34. The first-order chi connectivity index (χ1) is 15.1. The standard InChI is InChI=1S/C24H28N4O3.HI/c1-3-25-24(27-13-19-14(2)17-6-4-5-7-18(17)31-19)26-10-11-28-22(29)20-15-8-9-16(12-15)21(20)23(28)30;/h4-9,15-16,20-21H,3,10-13H2,1-2H3,(H2,25,26,27);1H. The number of likely N-dealkylation sites (tertiary alicyclic amines) is 1. The minimum atomic E-state index is -0.138. The summed E-state index contributed by atoms with van der Waals surface area (Å²) in [7, 11) is 0. The van der Waals surface area contributed by atoms with Crippen molar-refractivity contribution in [2.75, 3.05) is 19.6 Å². The smallest absolute Gasteiger partial charge is 0.233 e. The number of nitrogens with zero attached hydrogens (tertiary/aromatic N) is 2. The summed E-state index contributed by atoms with van der Waals surface area (Å²) in [5.41, 5.74) is 1.96. The van der Waals surface area contributed by atoms with Crippen molar-refractivity contribution >= 4 is 52.7 Å². The first-order valence-electron chi connectivity index (χ1n) is 11.1. The second-order valence-corrected chi connectivity index (χ2v) is 8.60. The van der Waals surface area contributed by atoms with E-state index in [4.69, 9.17) is 4.42 Å². The van der Waals surface area contributed by atoms with Gasteiger partial charge in [-0.05, 0) is 38.2 Å². The molecular formula is C24H29IN4O3. The number of hydrogen-bond acceptors (Lipinski definition) is 4. The van der Waals surface area contributed by atoms with Crippen LogP contribution >= 0.6 is 24.0 Å². The molecule has 0 radical (unpaired) electrons. The van der Waals surface area contributed by atoms with Crippen LogP contribution in [-0.4, -0.2) is 42.3 Å². The predicted octanol–water partition coefficient (Wildman–Crippen LogP) is 3.22. The van der Waals surface area contributed by atoms with Gasteiger partial charge in [0.1, 0.15) is 17.9 Å². The average molecular weight is 548 g/mol. The molecule has 2 bridgehead atoms. The molecule has 3 aliphatic rings. The van der Waals surface area contributed by atoms with Gasteiger partial charge in [-0.15, -0.1) is 24.0 Å². The lowest BCUT2D eigenvalue weighted by molar-refractivity contribution is -0.140. The Kier molecular flexibility index (Phi) is 6.60. The number of para-hydroxylation sites is 1. The van der Waals surface area contributed by atoms with Gasteiger partial charge in [0.05, 0.1) is 11.8 Å². The summed E-state index contributed by atoms with van der Waals surface area (Å²) in [6.45, 7) is 5.99. The molecule has 7 nitrogen and oxygen atoms in total. The van der Waals surface area contributed by atoms with Crippen molar-refractivity contribution < 1.29 is 14.0 Å². The van der Waals surface area contributed by atoms with Crippen LogP contribution < -0.4 is 10.6 Å². The zero-order valence-electron chi connectivity index (χ0n) is 18.3. The first-order valence-corrected chi connectivity index (χ1v) is 11.1. The molecule has 5 rings (SSSR count). The van der Waals surface area contributed by atoms with E-state index in [0.717, 1.165) is 28.7 Å². The van der Waals surface area contributed by atoms with E-state index in [1.807, 2.05) is 38.1 Å². The van der Waals surface area contributed by atoms with E-state index in [0.29, 0.717) is 32.1 Å². The van der Waals surface area contributed by atoms with E-state index in [9.17, 15) is 9.59 Å². The maximum absolute atomic E-state index is 12.8. The van der Waals surface area contributed by atoms with E-state index >= 15 is 0 Å². The number of fused-ring (bicyclic) bond motifs is 6. The largest absolute Gasteiger partial charge is 0.459 e. The zero-order chi connectivity index (χ0) is 21.5. The van der Waals surface area contributed by atoms with Crippen molar-refractivity contribution in [3.63, 3.8) is 0 Å². The van der Waals surface area contributed by atoms with Gasteiger partial charge in [0.25, 0.3) is 0 Å². The molecule has 1 aromatic heterocycles. The van der Waals surface area contributed by atoms with Crippen LogP contribution in [-0.2, 0) is 16.1 Å². The number of allylic oxidation sites excluding steroid dienone is 2. The molecule has 4 unspecified atom stereocenters. The number of benzene rings is 1. The maximum atomic E-state index is 12.8. The Labute approximate surface area is 204 Å². The van der Waals surface area contributed by atoms with Gasteiger partial charge in [-0.1, -0.05) is 30.4 Å². The third kappa shape index (κ3) is 3.82. The Morgan fingerprint density at radius 2 is 1.81 bits per heavy atom. The molecule has 2 N–H and O–H groups in total. The number of imide groups is 1. The van der Waals surface area contributed by atoms with Gasteiger partial charge in [0.2, 0.25) is 11.8 Å². The summed E-state index contributed by atoms with van der Waals surface area (Å²) in [5, 5.41) is 7.57. The SMILES string of the molecule is CCNC(=NCc1oc2ccccc2c1C)NCCN1C(=O)C2C3C=CC(C3)C2C1=O.I. The highest BCUT2D eigenvalue weighted by Gasteiger charge is 2.58. The highest BCUT2D eigenvalue weighted by atomic mass is 127. The molecule has 2 aromatic rings. The zero-order valence-corrected chi connectivity index (χ0v) is 20.7. The predicted molar refractivity (Wildman–Crippen MR) is 134 cm³/mol. The van der Waals surface area contributed by atoms with Gasteiger partial charge in [-0.2, -0.15) is 0 Å². The number of nitrogens with one attached hydrogen (secondary N) is 2. The number of guanidine groups is 1. The van der Waals surface area contributed by atoms with E-state index in [1.165, 1.54) is 4.90 Å². The fraction of sp³-hybridized carbons (Fsp3) is 0.458. The van der Waals surface area contributed by atoms with Gasteiger partial charge in [-0.25, -0.2) is 4.99 Å². The summed E-state index contributed by atoms with van der Waals surface area (Å²) >= 11 is 0. The molecular weight excluding hydrogens is 519 g/mol. The fourth-order valence-corrected chi connectivity index (χ4v) is 5.34.